The molecule has 0 aliphatic rings. The molecule has 0 saturated carbocycles. The van der Waals surface area contributed by atoms with Gasteiger partial charge in [0.2, 0.25) is 11.8 Å². The standard InChI is InChI=1S/C19H34N2O5/c1-5-6-7-9-14(19(25)26)12-15(22)18(13(2)3)21-17(24)11-8-10-16(23)20-4/h13-14,18H,5-12H2,1-4H3,(H,20,23)(H,21,24)(H,25,26)/t14-,18+/m1/s1. The lowest BCUT2D eigenvalue weighted by molar-refractivity contribution is -0.144. The lowest BCUT2D eigenvalue weighted by Gasteiger charge is -2.23. The summed E-state index contributed by atoms with van der Waals surface area (Å²) in [5.41, 5.74) is 0. The zero-order valence-corrected chi connectivity index (χ0v) is 16.5. The fourth-order valence-electron chi connectivity index (χ4n) is 2.72. The summed E-state index contributed by atoms with van der Waals surface area (Å²) in [6.45, 7) is 5.68. The maximum Gasteiger partial charge on any atom is 0.306 e. The molecule has 0 aromatic carbocycles. The molecule has 7 nitrogen and oxygen atoms in total. The van der Waals surface area contributed by atoms with E-state index in [9.17, 15) is 24.3 Å². The minimum absolute atomic E-state index is 0.0690. The van der Waals surface area contributed by atoms with Crippen LogP contribution in [0.2, 0.25) is 0 Å². The second kappa shape index (κ2) is 13.3. The minimum atomic E-state index is -0.964. The van der Waals surface area contributed by atoms with Crippen LogP contribution in [0.4, 0.5) is 0 Å². The van der Waals surface area contributed by atoms with Crippen molar-refractivity contribution in [2.45, 2.75) is 78.2 Å². The van der Waals surface area contributed by atoms with E-state index in [1.807, 2.05) is 20.8 Å². The van der Waals surface area contributed by atoms with E-state index in [1.165, 1.54) is 7.05 Å². The lowest BCUT2D eigenvalue weighted by atomic mass is 9.89. The highest BCUT2D eigenvalue weighted by molar-refractivity contribution is 5.91. The predicted molar refractivity (Wildman–Crippen MR) is 99.6 cm³/mol. The summed E-state index contributed by atoms with van der Waals surface area (Å²) in [6, 6.07) is -0.699. The van der Waals surface area contributed by atoms with Crippen molar-refractivity contribution in [1.82, 2.24) is 10.6 Å². The molecule has 2 amide bonds. The number of carbonyl (C=O) groups excluding carboxylic acids is 3. The Morgan fingerprint density at radius 3 is 2.08 bits per heavy atom. The Morgan fingerprint density at radius 1 is 0.962 bits per heavy atom. The molecule has 0 aromatic heterocycles. The van der Waals surface area contributed by atoms with E-state index in [-0.39, 0.29) is 42.8 Å². The van der Waals surface area contributed by atoms with Crippen LogP contribution in [0.3, 0.4) is 0 Å². The van der Waals surface area contributed by atoms with Gasteiger partial charge in [-0.05, 0) is 18.8 Å². The van der Waals surface area contributed by atoms with E-state index in [1.54, 1.807) is 0 Å². The van der Waals surface area contributed by atoms with Crippen molar-refractivity contribution in [2.75, 3.05) is 7.05 Å². The molecule has 0 rings (SSSR count). The molecule has 0 heterocycles. The van der Waals surface area contributed by atoms with Crippen LogP contribution in [0.1, 0.15) is 72.1 Å². The van der Waals surface area contributed by atoms with Gasteiger partial charge in [0, 0.05) is 26.3 Å². The molecule has 0 radical (unpaired) electrons. The van der Waals surface area contributed by atoms with Gasteiger partial charge in [-0.3, -0.25) is 19.2 Å². The van der Waals surface area contributed by atoms with Gasteiger partial charge in [0.1, 0.15) is 0 Å². The van der Waals surface area contributed by atoms with Gasteiger partial charge in [-0.2, -0.15) is 0 Å². The van der Waals surface area contributed by atoms with E-state index in [0.29, 0.717) is 12.8 Å². The van der Waals surface area contributed by atoms with Gasteiger partial charge in [0.05, 0.1) is 12.0 Å². The summed E-state index contributed by atoms with van der Waals surface area (Å²) in [5.74, 6) is -2.47. The second-order valence-electron chi connectivity index (χ2n) is 7.02. The molecule has 0 fully saturated rings. The first-order chi connectivity index (χ1) is 12.2. The Balaban J connectivity index is 4.65. The molecule has 0 unspecified atom stereocenters. The Hall–Kier alpha value is -1.92. The average molecular weight is 370 g/mol. The summed E-state index contributed by atoms with van der Waals surface area (Å²) in [4.78, 5) is 47.2. The molecule has 0 bridgehead atoms. The van der Waals surface area contributed by atoms with Crippen LogP contribution in [0.15, 0.2) is 0 Å². The van der Waals surface area contributed by atoms with Crippen molar-refractivity contribution in [3.8, 4) is 0 Å². The van der Waals surface area contributed by atoms with E-state index >= 15 is 0 Å². The Labute approximate surface area is 156 Å². The number of Topliss-reactive ketones (excluding diaryl/α,β-unsaturated/α-hetero) is 1. The first kappa shape index (κ1) is 24.1. The van der Waals surface area contributed by atoms with Crippen LogP contribution in [-0.2, 0) is 19.2 Å². The number of carboxylic acids is 1. The van der Waals surface area contributed by atoms with Gasteiger partial charge in [-0.25, -0.2) is 0 Å². The van der Waals surface area contributed by atoms with Crippen molar-refractivity contribution in [3.05, 3.63) is 0 Å². The summed E-state index contributed by atoms with van der Waals surface area (Å²) in [6.07, 6.45) is 3.92. The molecular formula is C19H34N2O5. The molecule has 150 valence electrons. The molecule has 0 aliphatic carbocycles. The first-order valence-electron chi connectivity index (χ1n) is 9.48. The smallest absolute Gasteiger partial charge is 0.306 e. The third-order valence-corrected chi connectivity index (χ3v) is 4.37. The van der Waals surface area contributed by atoms with Gasteiger partial charge in [0.15, 0.2) is 5.78 Å². The predicted octanol–water partition coefficient (Wildman–Crippen LogP) is 2.28. The SMILES string of the molecule is CCCCC[C@H](CC(=O)[C@@H](NC(=O)CCCC(=O)NC)C(C)C)C(=O)O. The largest absolute Gasteiger partial charge is 0.481 e. The van der Waals surface area contributed by atoms with Crippen molar-refractivity contribution in [3.63, 3.8) is 0 Å². The fourth-order valence-corrected chi connectivity index (χ4v) is 2.72. The Bertz CT molecular complexity index is 477. The van der Waals surface area contributed by atoms with Crippen LogP contribution in [0.5, 0.6) is 0 Å². The minimum Gasteiger partial charge on any atom is -0.481 e. The van der Waals surface area contributed by atoms with Crippen molar-refractivity contribution in [2.24, 2.45) is 11.8 Å². The quantitative estimate of drug-likeness (QED) is 0.406. The number of ketones is 1. The number of nitrogens with one attached hydrogen (secondary N) is 2. The van der Waals surface area contributed by atoms with Crippen molar-refractivity contribution in [1.29, 1.82) is 0 Å². The fraction of sp³-hybridized carbons (Fsp3) is 0.789. The zero-order valence-electron chi connectivity index (χ0n) is 16.5. The van der Waals surface area contributed by atoms with Gasteiger partial charge in [-0.15, -0.1) is 0 Å². The van der Waals surface area contributed by atoms with E-state index in [0.717, 1.165) is 19.3 Å². The average Bonchev–Trinajstić information content (AvgIpc) is 2.58. The number of hydrogen-bond donors (Lipinski definition) is 3. The third kappa shape index (κ3) is 10.2. The Morgan fingerprint density at radius 2 is 1.58 bits per heavy atom. The maximum absolute atomic E-state index is 12.6. The van der Waals surface area contributed by atoms with Gasteiger partial charge in [0.25, 0.3) is 0 Å². The molecule has 26 heavy (non-hydrogen) atoms. The highest BCUT2D eigenvalue weighted by Crippen LogP contribution is 2.18. The van der Waals surface area contributed by atoms with E-state index in [4.69, 9.17) is 0 Å². The van der Waals surface area contributed by atoms with Gasteiger partial charge >= 0.3 is 5.97 Å². The number of carbonyl (C=O) groups is 4. The summed E-state index contributed by atoms with van der Waals surface area (Å²) < 4.78 is 0. The molecule has 0 aliphatic heterocycles. The third-order valence-electron chi connectivity index (χ3n) is 4.37. The van der Waals surface area contributed by atoms with Gasteiger partial charge in [-0.1, -0.05) is 40.0 Å². The summed E-state index contributed by atoms with van der Waals surface area (Å²) in [5, 5.41) is 14.5. The van der Waals surface area contributed by atoms with Crippen molar-refractivity contribution >= 4 is 23.6 Å². The van der Waals surface area contributed by atoms with E-state index < -0.39 is 17.9 Å². The lowest BCUT2D eigenvalue weighted by Crippen LogP contribution is -2.45. The monoisotopic (exact) mass is 370 g/mol. The van der Waals surface area contributed by atoms with Crippen LogP contribution >= 0.6 is 0 Å². The topological polar surface area (TPSA) is 113 Å². The molecular weight excluding hydrogens is 336 g/mol. The maximum atomic E-state index is 12.6. The first-order valence-corrected chi connectivity index (χ1v) is 9.48. The number of aliphatic carboxylic acids is 1. The van der Waals surface area contributed by atoms with Crippen LogP contribution in [0.25, 0.3) is 0 Å². The normalized spacial score (nSPS) is 13.1. The molecule has 0 saturated heterocycles. The zero-order chi connectivity index (χ0) is 20.1. The van der Waals surface area contributed by atoms with Gasteiger partial charge < -0.3 is 15.7 Å². The summed E-state index contributed by atoms with van der Waals surface area (Å²) >= 11 is 0. The Kier molecular flexibility index (Phi) is 12.3. The number of hydrogen-bond acceptors (Lipinski definition) is 4. The van der Waals surface area contributed by atoms with E-state index in [2.05, 4.69) is 10.6 Å². The van der Waals surface area contributed by atoms with Crippen molar-refractivity contribution < 1.29 is 24.3 Å². The van der Waals surface area contributed by atoms with Crippen LogP contribution in [0, 0.1) is 11.8 Å². The highest BCUT2D eigenvalue weighted by Gasteiger charge is 2.28. The molecule has 0 spiro atoms. The molecule has 0 aromatic rings. The number of amides is 2. The number of carboxylic acid groups (broad SMARTS) is 1. The van der Waals surface area contributed by atoms with Crippen LogP contribution in [-0.4, -0.2) is 41.8 Å². The van der Waals surface area contributed by atoms with Crippen LogP contribution < -0.4 is 10.6 Å². The number of unbranched alkanes of at least 4 members (excludes halogenated alkanes) is 2. The molecule has 2 atom stereocenters. The molecule has 7 heteroatoms. The molecule has 3 N–H and O–H groups in total. The highest BCUT2D eigenvalue weighted by atomic mass is 16.4. The summed E-state index contributed by atoms with van der Waals surface area (Å²) in [7, 11) is 1.54. The second-order valence-corrected chi connectivity index (χ2v) is 7.02. The number of rotatable bonds is 14.